The van der Waals surface area contributed by atoms with Crippen LogP contribution >= 0.6 is 0 Å². The topological polar surface area (TPSA) is 114 Å². The van der Waals surface area contributed by atoms with Gasteiger partial charge in [-0.25, -0.2) is 0 Å². The SMILES string of the molecule is COC1CC(C2C#CCNC3CC(CC[NH2+]3)CCC3=CN=C[C+]3CC3(C=CC=CC3C)CCC(OC(C)=O)CC(=O)C2)CCC1O. The first-order valence-electron chi connectivity index (χ1n) is 17.6. The van der Waals surface area contributed by atoms with E-state index in [1.165, 1.54) is 24.8 Å². The predicted octanol–water partition coefficient (Wildman–Crippen LogP) is 4.21. The lowest BCUT2D eigenvalue weighted by Crippen LogP contribution is -2.95. The van der Waals surface area contributed by atoms with Crippen molar-refractivity contribution in [2.45, 2.75) is 115 Å². The van der Waals surface area contributed by atoms with Gasteiger partial charge < -0.3 is 19.9 Å². The molecular weight excluding hydrogens is 578 g/mol. The number of ketones is 1. The molecule has 0 amide bonds. The summed E-state index contributed by atoms with van der Waals surface area (Å²) in [7, 11) is 1.64. The molecule has 9 atom stereocenters. The Balaban J connectivity index is 1.39. The van der Waals surface area contributed by atoms with E-state index in [0.29, 0.717) is 50.2 Å². The predicted molar refractivity (Wildman–Crippen MR) is 179 cm³/mol. The van der Waals surface area contributed by atoms with Crippen LogP contribution in [-0.4, -0.2) is 67.8 Å². The zero-order valence-electron chi connectivity index (χ0n) is 28.1. The van der Waals surface area contributed by atoms with Crippen molar-refractivity contribution < 1.29 is 29.5 Å². The van der Waals surface area contributed by atoms with Gasteiger partial charge in [0.05, 0.1) is 31.7 Å². The number of piperidine rings is 1. The number of aliphatic imine (C=N–C) groups is 1. The van der Waals surface area contributed by atoms with Gasteiger partial charge in [0.15, 0.2) is 6.20 Å². The van der Waals surface area contributed by atoms with Crippen LogP contribution in [0.3, 0.4) is 0 Å². The molecule has 4 N–H and O–H groups in total. The highest BCUT2D eigenvalue weighted by atomic mass is 16.5. The van der Waals surface area contributed by atoms with Crippen LogP contribution in [0.25, 0.3) is 0 Å². The molecule has 1 saturated carbocycles. The van der Waals surface area contributed by atoms with Gasteiger partial charge in [0.1, 0.15) is 35.8 Å². The van der Waals surface area contributed by atoms with Crippen molar-refractivity contribution in [2.24, 2.45) is 34.1 Å². The lowest BCUT2D eigenvalue weighted by atomic mass is 9.64. The number of nitrogens with one attached hydrogen (secondary N) is 1. The maximum Gasteiger partial charge on any atom is 0.302 e. The number of nitrogens with two attached hydrogens (primary N) is 1. The quantitative estimate of drug-likeness (QED) is 0.244. The summed E-state index contributed by atoms with van der Waals surface area (Å²) in [5.74, 6) is 8.85. The van der Waals surface area contributed by atoms with Gasteiger partial charge in [-0.05, 0) is 62.7 Å². The minimum absolute atomic E-state index is 0.0696. The first kappa shape index (κ1) is 34.6. The van der Waals surface area contributed by atoms with E-state index < -0.39 is 12.2 Å². The molecule has 5 rings (SSSR count). The van der Waals surface area contributed by atoms with Crippen LogP contribution in [0, 0.1) is 46.8 Å². The summed E-state index contributed by atoms with van der Waals surface area (Å²) in [6.07, 6.45) is 21.5. The number of esters is 1. The number of allylic oxidation sites excluding steroid dienone is 5. The fourth-order valence-electron chi connectivity index (χ4n) is 8.37. The van der Waals surface area contributed by atoms with Crippen molar-refractivity contribution in [1.82, 2.24) is 5.32 Å². The summed E-state index contributed by atoms with van der Waals surface area (Å²) in [5.41, 5.74) is 1.19. The highest BCUT2D eigenvalue weighted by molar-refractivity contribution is 5.84. The number of rotatable bonds is 3. The molecule has 3 heterocycles. The lowest BCUT2D eigenvalue weighted by molar-refractivity contribution is -0.704. The van der Waals surface area contributed by atoms with Crippen LogP contribution < -0.4 is 10.6 Å². The Morgan fingerprint density at radius 3 is 2.85 bits per heavy atom. The molecule has 46 heavy (non-hydrogen) atoms. The zero-order valence-corrected chi connectivity index (χ0v) is 28.1. The summed E-state index contributed by atoms with van der Waals surface area (Å²) < 4.78 is 11.4. The number of carbonyl (C=O) groups excluding carboxylic acids is 2. The Morgan fingerprint density at radius 1 is 1.17 bits per heavy atom. The van der Waals surface area contributed by atoms with Crippen LogP contribution in [0.1, 0.15) is 90.9 Å². The second-order valence-electron chi connectivity index (χ2n) is 14.4. The molecule has 8 heteroatoms. The van der Waals surface area contributed by atoms with Gasteiger partial charge in [-0.2, -0.15) is 0 Å². The van der Waals surface area contributed by atoms with Crippen LogP contribution in [0.4, 0.5) is 0 Å². The molecule has 1 spiro atoms. The Hall–Kier alpha value is -2.70. The van der Waals surface area contributed by atoms with Crippen molar-refractivity contribution >= 4 is 18.0 Å². The fraction of sp³-hybridized carbons (Fsp3) is 0.684. The van der Waals surface area contributed by atoms with Gasteiger partial charge in [-0.3, -0.25) is 14.9 Å². The third kappa shape index (κ3) is 9.22. The van der Waals surface area contributed by atoms with E-state index in [4.69, 9.17) is 9.47 Å². The van der Waals surface area contributed by atoms with E-state index in [1.807, 2.05) is 6.21 Å². The van der Waals surface area contributed by atoms with Gasteiger partial charge in [-0.15, -0.1) is 4.99 Å². The summed E-state index contributed by atoms with van der Waals surface area (Å²) in [5, 5.41) is 16.5. The molecule has 9 unspecified atom stereocenters. The molecule has 2 fully saturated rings. The van der Waals surface area contributed by atoms with Crippen molar-refractivity contribution in [1.29, 1.82) is 0 Å². The van der Waals surface area contributed by atoms with Crippen LogP contribution in [0.2, 0.25) is 0 Å². The van der Waals surface area contributed by atoms with E-state index in [1.54, 1.807) is 7.11 Å². The number of fused-ring (bicyclic) bond motifs is 3. The van der Waals surface area contributed by atoms with Crippen LogP contribution in [0.15, 0.2) is 41.1 Å². The van der Waals surface area contributed by atoms with E-state index in [9.17, 15) is 14.7 Å². The minimum atomic E-state index is -0.485. The Kier molecular flexibility index (Phi) is 12.4. The smallest absolute Gasteiger partial charge is 0.302 e. The number of ether oxygens (including phenoxy) is 2. The molecule has 250 valence electrons. The summed E-state index contributed by atoms with van der Waals surface area (Å²) in [4.78, 5) is 30.6. The van der Waals surface area contributed by atoms with Gasteiger partial charge in [0.25, 0.3) is 0 Å². The van der Waals surface area contributed by atoms with Crippen molar-refractivity contribution in [2.75, 3.05) is 20.2 Å². The van der Waals surface area contributed by atoms with E-state index in [2.05, 4.69) is 64.9 Å². The number of nitrogens with zero attached hydrogens (tertiary/aromatic N) is 1. The summed E-state index contributed by atoms with van der Waals surface area (Å²) >= 11 is 0. The van der Waals surface area contributed by atoms with Crippen LogP contribution in [-0.2, 0) is 19.1 Å². The third-order valence-corrected chi connectivity index (χ3v) is 11.3. The zero-order chi connectivity index (χ0) is 32.5. The van der Waals surface area contributed by atoms with Crippen molar-refractivity contribution in [3.8, 4) is 11.8 Å². The second-order valence-corrected chi connectivity index (χ2v) is 14.4. The molecule has 0 aromatic carbocycles. The normalized spacial score (nSPS) is 37.6. The number of aliphatic hydroxyl groups excluding tert-OH is 1. The average molecular weight is 634 g/mol. The Bertz CT molecular complexity index is 1250. The number of quaternary nitrogens is 1. The van der Waals surface area contributed by atoms with Gasteiger partial charge in [-0.1, -0.05) is 43.1 Å². The van der Waals surface area contributed by atoms with E-state index >= 15 is 0 Å². The third-order valence-electron chi connectivity index (χ3n) is 11.3. The molecule has 3 aliphatic heterocycles. The number of aliphatic hydroxyl groups is 1. The number of hydrogen-bond acceptors (Lipinski definition) is 7. The first-order chi connectivity index (χ1) is 22.2. The summed E-state index contributed by atoms with van der Waals surface area (Å²) in [6, 6.07) is 0. The Morgan fingerprint density at radius 2 is 2.04 bits per heavy atom. The molecule has 5 aliphatic rings. The number of carbonyl (C=O) groups is 2. The highest BCUT2D eigenvalue weighted by Gasteiger charge is 2.42. The highest BCUT2D eigenvalue weighted by Crippen LogP contribution is 2.47. The van der Waals surface area contributed by atoms with Crippen LogP contribution in [0.5, 0.6) is 0 Å². The molecule has 0 radical (unpaired) electrons. The molecular formula is C38H55N3O5+2. The van der Waals surface area contributed by atoms with E-state index in [-0.39, 0.29) is 41.5 Å². The van der Waals surface area contributed by atoms with Gasteiger partial charge >= 0.3 is 5.97 Å². The van der Waals surface area contributed by atoms with Gasteiger partial charge in [0.2, 0.25) is 0 Å². The summed E-state index contributed by atoms with van der Waals surface area (Å²) in [6.45, 7) is 5.39. The molecule has 8 nitrogen and oxygen atoms in total. The maximum absolute atomic E-state index is 13.7. The molecule has 0 aromatic heterocycles. The number of Topliss-reactive ketones (excluding diaryl/α,β-unsaturated/α-hetero) is 1. The molecule has 2 aliphatic carbocycles. The average Bonchev–Trinajstić information content (AvgIpc) is 3.48. The maximum atomic E-state index is 13.7. The monoisotopic (exact) mass is 633 g/mol. The van der Waals surface area contributed by atoms with Gasteiger partial charge in [0, 0.05) is 51.0 Å². The van der Waals surface area contributed by atoms with Crippen molar-refractivity contribution in [3.63, 3.8) is 0 Å². The second kappa shape index (κ2) is 16.4. The number of methoxy groups -OCH3 is 1. The largest absolute Gasteiger partial charge is 0.462 e. The molecule has 0 aromatic rings. The molecule has 2 bridgehead atoms. The van der Waals surface area contributed by atoms with E-state index in [0.717, 1.165) is 45.1 Å². The lowest BCUT2D eigenvalue weighted by Gasteiger charge is -2.38. The Labute approximate surface area is 275 Å². The number of hydrogen-bond donors (Lipinski definition) is 3. The molecule has 1 saturated heterocycles. The standard InChI is InChI=1S/C38H54N3O5/c1-26-7-4-5-15-38(26)16-13-34(46-27(2)42)22-33(43)20-29(30-11-12-35(44)36(21-30)45-3)8-6-17-40-37-19-28(14-18-41-37)9-10-31-24-39-25-32(31)23-38/h4-5,7,15,24-26,28-30,34-37,40-41,44H,9-14,16-23H2,1-3H3/q+1/p+1. The first-order valence-corrected chi connectivity index (χ1v) is 17.6. The van der Waals surface area contributed by atoms with Crippen molar-refractivity contribution in [3.05, 3.63) is 42.0 Å². The fourth-order valence-corrected chi connectivity index (χ4v) is 8.37. The minimum Gasteiger partial charge on any atom is -0.462 e.